The molecule has 3 aromatic rings. The topological polar surface area (TPSA) is 97.3 Å². The molecule has 0 radical (unpaired) electrons. The Kier molecular flexibility index (Phi) is 6.90. The van der Waals surface area contributed by atoms with Gasteiger partial charge in [-0.05, 0) is 37.1 Å². The average molecular weight is 492 g/mol. The summed E-state index contributed by atoms with van der Waals surface area (Å²) in [5.41, 5.74) is 4.90. The van der Waals surface area contributed by atoms with Crippen molar-refractivity contribution in [2.75, 3.05) is 31.1 Å². The van der Waals surface area contributed by atoms with Crippen LogP contribution in [0.25, 0.3) is 10.9 Å². The van der Waals surface area contributed by atoms with E-state index in [9.17, 15) is 27.2 Å². The number of piperazine rings is 1. The molecule has 1 aliphatic heterocycles. The molecule has 1 fully saturated rings. The number of nitrogens with zero attached hydrogens (tertiary/aromatic N) is 5. The number of halogens is 4. The fraction of sp³-hybridized carbons (Fsp3) is 0.391. The molecule has 35 heavy (non-hydrogen) atoms. The maximum Gasteiger partial charge on any atom is 0.417 e. The highest BCUT2D eigenvalue weighted by molar-refractivity contribution is 6.04. The van der Waals surface area contributed by atoms with Crippen molar-refractivity contribution >= 4 is 28.5 Å². The maximum absolute atomic E-state index is 14.6. The zero-order chi connectivity index (χ0) is 25.2. The summed E-state index contributed by atoms with van der Waals surface area (Å²) in [5.74, 6) is -0.826. The van der Waals surface area contributed by atoms with Crippen molar-refractivity contribution in [2.24, 2.45) is 5.73 Å². The first-order valence-electron chi connectivity index (χ1n) is 11.2. The molecule has 0 bridgehead atoms. The Balaban J connectivity index is 1.24. The highest BCUT2D eigenvalue weighted by atomic mass is 19.4. The monoisotopic (exact) mass is 492 g/mol. The molecular formula is C23H24F4N6O2. The number of aromatic nitrogens is 3. The second-order valence-corrected chi connectivity index (χ2v) is 8.31. The van der Waals surface area contributed by atoms with Gasteiger partial charge in [0.25, 0.3) is 5.91 Å². The van der Waals surface area contributed by atoms with Gasteiger partial charge < -0.3 is 15.5 Å². The highest BCUT2D eigenvalue weighted by Gasteiger charge is 2.31. The highest BCUT2D eigenvalue weighted by Crippen LogP contribution is 2.29. The van der Waals surface area contributed by atoms with Crippen molar-refractivity contribution in [3.63, 3.8) is 0 Å². The number of pyridine rings is 1. The minimum absolute atomic E-state index is 0.0351. The Bertz CT molecular complexity index is 1220. The quantitative estimate of drug-likeness (QED) is 0.404. The summed E-state index contributed by atoms with van der Waals surface area (Å²) in [6.45, 7) is 2.07. The third-order valence-corrected chi connectivity index (χ3v) is 6.01. The number of primary amides is 1. The molecule has 1 aromatic carbocycles. The number of hydrogen-bond donors (Lipinski definition) is 1. The van der Waals surface area contributed by atoms with Crippen molar-refractivity contribution in [1.82, 2.24) is 19.7 Å². The molecular weight excluding hydrogens is 468 g/mol. The molecule has 0 saturated carbocycles. The molecule has 0 atom stereocenters. The lowest BCUT2D eigenvalue weighted by atomic mass is 10.1. The zero-order valence-electron chi connectivity index (χ0n) is 18.8. The molecule has 1 saturated heterocycles. The predicted molar refractivity (Wildman–Crippen MR) is 120 cm³/mol. The number of unbranched alkanes of at least 4 members (excludes halogenated alkanes) is 1. The molecule has 0 aliphatic carbocycles. The normalized spacial score (nSPS) is 14.5. The smallest absolute Gasteiger partial charge is 0.366 e. The Morgan fingerprint density at radius 3 is 2.40 bits per heavy atom. The van der Waals surface area contributed by atoms with Crippen LogP contribution < -0.4 is 10.6 Å². The van der Waals surface area contributed by atoms with Gasteiger partial charge in [0.05, 0.1) is 16.5 Å². The van der Waals surface area contributed by atoms with Gasteiger partial charge in [0, 0.05) is 45.3 Å². The summed E-state index contributed by atoms with van der Waals surface area (Å²) in [6.07, 6.45) is -2.30. The van der Waals surface area contributed by atoms with Gasteiger partial charge in [-0.3, -0.25) is 9.59 Å². The third kappa shape index (κ3) is 5.36. The number of hydrogen-bond acceptors (Lipinski definition) is 5. The fourth-order valence-electron chi connectivity index (χ4n) is 4.09. The van der Waals surface area contributed by atoms with Crippen molar-refractivity contribution in [2.45, 2.75) is 32.0 Å². The van der Waals surface area contributed by atoms with E-state index in [-0.39, 0.29) is 35.3 Å². The Morgan fingerprint density at radius 1 is 1.03 bits per heavy atom. The Hall–Kier alpha value is -3.70. The summed E-state index contributed by atoms with van der Waals surface area (Å²) in [4.78, 5) is 31.5. The lowest BCUT2D eigenvalue weighted by Gasteiger charge is -2.35. The number of anilines is 1. The molecule has 12 heteroatoms. The van der Waals surface area contributed by atoms with Crippen LogP contribution in [-0.2, 0) is 17.5 Å². The zero-order valence-corrected chi connectivity index (χ0v) is 18.8. The summed E-state index contributed by atoms with van der Waals surface area (Å²) in [5, 5.41) is 4.39. The first-order valence-corrected chi connectivity index (χ1v) is 11.2. The van der Waals surface area contributed by atoms with E-state index in [1.807, 2.05) is 4.90 Å². The van der Waals surface area contributed by atoms with Gasteiger partial charge in [-0.25, -0.2) is 9.67 Å². The van der Waals surface area contributed by atoms with Crippen LogP contribution in [0.15, 0.2) is 36.5 Å². The van der Waals surface area contributed by atoms with Crippen LogP contribution in [-0.4, -0.2) is 57.7 Å². The minimum Gasteiger partial charge on any atom is -0.366 e. The fourth-order valence-corrected chi connectivity index (χ4v) is 4.09. The molecule has 3 heterocycles. The number of rotatable bonds is 7. The first-order chi connectivity index (χ1) is 16.6. The van der Waals surface area contributed by atoms with Gasteiger partial charge in [-0.2, -0.15) is 22.7 Å². The Labute approximate surface area is 198 Å². The number of benzene rings is 1. The van der Waals surface area contributed by atoms with E-state index in [0.717, 1.165) is 12.3 Å². The molecule has 1 aliphatic rings. The number of amides is 2. The molecule has 0 unspecified atom stereocenters. The number of carbonyl (C=O) groups excluding carboxylic acids is 2. The SMILES string of the molecule is NC(=O)c1cccc2c(F)n(CCCCC(=O)N3CCN(c4ccc(C(F)(F)F)cn4)CC3)nc12. The average Bonchev–Trinajstić information content (AvgIpc) is 3.16. The van der Waals surface area contributed by atoms with E-state index < -0.39 is 23.6 Å². The van der Waals surface area contributed by atoms with Gasteiger partial charge in [-0.15, -0.1) is 0 Å². The van der Waals surface area contributed by atoms with Crippen molar-refractivity contribution in [1.29, 1.82) is 0 Å². The van der Waals surface area contributed by atoms with Crippen LogP contribution in [0.1, 0.15) is 35.2 Å². The second kappa shape index (κ2) is 9.88. The van der Waals surface area contributed by atoms with Crippen LogP contribution >= 0.6 is 0 Å². The van der Waals surface area contributed by atoms with Gasteiger partial charge in [0.15, 0.2) is 0 Å². The summed E-state index contributed by atoms with van der Waals surface area (Å²) < 4.78 is 53.9. The molecule has 0 spiro atoms. The van der Waals surface area contributed by atoms with Crippen LogP contribution in [0.3, 0.4) is 0 Å². The van der Waals surface area contributed by atoms with Gasteiger partial charge >= 0.3 is 6.18 Å². The molecule has 186 valence electrons. The lowest BCUT2D eigenvalue weighted by Crippen LogP contribution is -2.49. The number of carbonyl (C=O) groups is 2. The van der Waals surface area contributed by atoms with Gasteiger partial charge in [-0.1, -0.05) is 6.07 Å². The number of nitrogens with two attached hydrogens (primary N) is 1. The van der Waals surface area contributed by atoms with Crippen LogP contribution in [0.5, 0.6) is 0 Å². The van der Waals surface area contributed by atoms with Crippen molar-refractivity contribution < 1.29 is 27.2 Å². The van der Waals surface area contributed by atoms with E-state index in [2.05, 4.69) is 10.1 Å². The van der Waals surface area contributed by atoms with Crippen molar-refractivity contribution in [3.8, 4) is 0 Å². The van der Waals surface area contributed by atoms with E-state index in [0.29, 0.717) is 44.8 Å². The summed E-state index contributed by atoms with van der Waals surface area (Å²) in [7, 11) is 0. The third-order valence-electron chi connectivity index (χ3n) is 6.01. The minimum atomic E-state index is -4.43. The second-order valence-electron chi connectivity index (χ2n) is 8.31. The molecule has 2 N–H and O–H groups in total. The molecule has 2 aromatic heterocycles. The molecule has 8 nitrogen and oxygen atoms in total. The maximum atomic E-state index is 14.6. The number of alkyl halides is 3. The van der Waals surface area contributed by atoms with Crippen LogP contribution in [0.2, 0.25) is 0 Å². The van der Waals surface area contributed by atoms with Crippen LogP contribution in [0.4, 0.5) is 23.4 Å². The number of fused-ring (bicyclic) bond motifs is 1. The first kappa shape index (κ1) is 24.4. The van der Waals surface area contributed by atoms with Crippen molar-refractivity contribution in [3.05, 3.63) is 53.6 Å². The Morgan fingerprint density at radius 2 is 1.77 bits per heavy atom. The van der Waals surface area contributed by atoms with E-state index in [4.69, 9.17) is 5.73 Å². The van der Waals surface area contributed by atoms with E-state index in [1.165, 1.54) is 22.9 Å². The molecule has 4 rings (SSSR count). The standard InChI is InChI=1S/C23H24F4N6O2/c24-21-16-4-3-5-17(22(28)35)20(16)30-33(21)9-2-1-6-19(34)32-12-10-31(11-13-32)18-8-7-15(14-29-18)23(25,26)27/h3-5,7-8,14H,1-2,6,9-13H2,(H2,28,35). The van der Waals surface area contributed by atoms with Gasteiger partial charge in [0.2, 0.25) is 11.9 Å². The number of aryl methyl sites for hydroxylation is 1. The van der Waals surface area contributed by atoms with E-state index in [1.54, 1.807) is 11.0 Å². The van der Waals surface area contributed by atoms with Gasteiger partial charge in [0.1, 0.15) is 11.3 Å². The molecule has 2 amide bonds. The summed E-state index contributed by atoms with van der Waals surface area (Å²) in [6, 6.07) is 6.91. The largest absolute Gasteiger partial charge is 0.417 e. The summed E-state index contributed by atoms with van der Waals surface area (Å²) >= 11 is 0. The van der Waals surface area contributed by atoms with Crippen LogP contribution in [0, 0.1) is 5.95 Å². The van der Waals surface area contributed by atoms with E-state index >= 15 is 0 Å². The lowest BCUT2D eigenvalue weighted by molar-refractivity contribution is -0.138. The predicted octanol–water partition coefficient (Wildman–Crippen LogP) is 3.21.